The van der Waals surface area contributed by atoms with Gasteiger partial charge < -0.3 is 10.2 Å². The first-order valence-electron chi connectivity index (χ1n) is 7.46. The molecule has 1 aromatic heterocycles. The number of aryl methyl sites for hydroxylation is 2. The number of nitrogens with one attached hydrogen (secondary N) is 1. The highest BCUT2D eigenvalue weighted by atomic mass is 32.1. The SMILES string of the molecule is Cc1nc(C(C)NCC(C)CN2CCCC2)c(C)s1. The van der Waals surface area contributed by atoms with Crippen LogP contribution in [0.3, 0.4) is 0 Å². The lowest BCUT2D eigenvalue weighted by atomic mass is 10.1. The topological polar surface area (TPSA) is 28.2 Å². The van der Waals surface area contributed by atoms with Gasteiger partial charge in [-0.25, -0.2) is 4.98 Å². The maximum Gasteiger partial charge on any atom is 0.0900 e. The van der Waals surface area contributed by atoms with Crippen LogP contribution in [0.15, 0.2) is 0 Å². The first kappa shape index (κ1) is 14.9. The molecule has 3 nitrogen and oxygen atoms in total. The van der Waals surface area contributed by atoms with Gasteiger partial charge in [-0.05, 0) is 59.2 Å². The number of likely N-dealkylation sites (tertiary alicyclic amines) is 1. The lowest BCUT2D eigenvalue weighted by molar-refractivity contribution is 0.278. The van der Waals surface area contributed by atoms with Crippen LogP contribution in [0.2, 0.25) is 0 Å². The molecule has 0 aliphatic carbocycles. The minimum absolute atomic E-state index is 0.367. The first-order chi connectivity index (χ1) is 9.06. The van der Waals surface area contributed by atoms with Crippen molar-refractivity contribution in [3.05, 3.63) is 15.6 Å². The summed E-state index contributed by atoms with van der Waals surface area (Å²) in [5.41, 5.74) is 1.23. The number of nitrogens with zero attached hydrogens (tertiary/aromatic N) is 2. The molecule has 0 spiro atoms. The van der Waals surface area contributed by atoms with Crippen molar-refractivity contribution in [1.29, 1.82) is 0 Å². The summed E-state index contributed by atoms with van der Waals surface area (Å²) < 4.78 is 0. The van der Waals surface area contributed by atoms with Crippen LogP contribution >= 0.6 is 11.3 Å². The number of hydrogen-bond acceptors (Lipinski definition) is 4. The zero-order chi connectivity index (χ0) is 13.8. The minimum atomic E-state index is 0.367. The quantitative estimate of drug-likeness (QED) is 0.868. The van der Waals surface area contributed by atoms with Crippen molar-refractivity contribution in [3.63, 3.8) is 0 Å². The fourth-order valence-electron chi connectivity index (χ4n) is 2.89. The maximum absolute atomic E-state index is 4.64. The molecule has 1 saturated heterocycles. The second-order valence-electron chi connectivity index (χ2n) is 5.92. The average molecular weight is 281 g/mol. The van der Waals surface area contributed by atoms with Gasteiger partial charge in [-0.3, -0.25) is 0 Å². The molecule has 1 aromatic rings. The Bertz CT molecular complexity index is 396. The number of aromatic nitrogens is 1. The molecule has 1 fully saturated rings. The maximum atomic E-state index is 4.64. The predicted octanol–water partition coefficient (Wildman–Crippen LogP) is 3.14. The Morgan fingerprint density at radius 2 is 1.95 bits per heavy atom. The van der Waals surface area contributed by atoms with E-state index < -0.39 is 0 Å². The first-order valence-corrected chi connectivity index (χ1v) is 8.27. The molecule has 1 aliphatic heterocycles. The molecule has 0 bridgehead atoms. The molecule has 1 aliphatic rings. The standard InChI is InChI=1S/C15H27N3S/c1-11(10-18-7-5-6-8-18)9-16-12(2)15-13(3)19-14(4)17-15/h11-12,16H,5-10H2,1-4H3. The van der Waals surface area contributed by atoms with E-state index in [1.54, 1.807) is 11.3 Å². The van der Waals surface area contributed by atoms with Crippen molar-refractivity contribution in [2.75, 3.05) is 26.2 Å². The summed E-state index contributed by atoms with van der Waals surface area (Å²) >= 11 is 1.80. The fourth-order valence-corrected chi connectivity index (χ4v) is 3.81. The van der Waals surface area contributed by atoms with E-state index in [0.29, 0.717) is 12.0 Å². The van der Waals surface area contributed by atoms with Crippen molar-refractivity contribution in [1.82, 2.24) is 15.2 Å². The van der Waals surface area contributed by atoms with E-state index in [1.165, 1.54) is 48.1 Å². The molecule has 4 heteroatoms. The van der Waals surface area contributed by atoms with Crippen LogP contribution in [-0.2, 0) is 0 Å². The highest BCUT2D eigenvalue weighted by molar-refractivity contribution is 7.11. The molecule has 2 atom stereocenters. The van der Waals surface area contributed by atoms with Crippen LogP contribution in [0.5, 0.6) is 0 Å². The van der Waals surface area contributed by atoms with Gasteiger partial charge in [0, 0.05) is 17.5 Å². The van der Waals surface area contributed by atoms with E-state index in [-0.39, 0.29) is 0 Å². The Kier molecular flexibility index (Phi) is 5.37. The van der Waals surface area contributed by atoms with Crippen LogP contribution in [0.25, 0.3) is 0 Å². The van der Waals surface area contributed by atoms with Crippen LogP contribution in [0.1, 0.15) is 48.3 Å². The molecule has 108 valence electrons. The molecule has 0 amide bonds. The summed E-state index contributed by atoms with van der Waals surface area (Å²) in [6.45, 7) is 13.7. The second-order valence-corrected chi connectivity index (χ2v) is 7.32. The predicted molar refractivity (Wildman–Crippen MR) is 82.8 cm³/mol. The Labute approximate surface area is 121 Å². The van der Waals surface area contributed by atoms with Gasteiger partial charge in [0.25, 0.3) is 0 Å². The summed E-state index contributed by atoms with van der Waals surface area (Å²) in [5.74, 6) is 0.709. The Balaban J connectivity index is 1.76. The van der Waals surface area contributed by atoms with Crippen LogP contribution in [-0.4, -0.2) is 36.1 Å². The molecule has 2 heterocycles. The molecule has 0 saturated carbocycles. The van der Waals surface area contributed by atoms with E-state index in [2.05, 4.69) is 42.9 Å². The van der Waals surface area contributed by atoms with Crippen molar-refractivity contribution >= 4 is 11.3 Å². The molecule has 2 unspecified atom stereocenters. The van der Waals surface area contributed by atoms with E-state index in [9.17, 15) is 0 Å². The van der Waals surface area contributed by atoms with E-state index >= 15 is 0 Å². The van der Waals surface area contributed by atoms with Gasteiger partial charge in [-0.15, -0.1) is 11.3 Å². The lowest BCUT2D eigenvalue weighted by Crippen LogP contribution is -2.32. The van der Waals surface area contributed by atoms with Crippen LogP contribution < -0.4 is 5.32 Å². The largest absolute Gasteiger partial charge is 0.309 e. The Morgan fingerprint density at radius 1 is 1.26 bits per heavy atom. The van der Waals surface area contributed by atoms with Crippen LogP contribution in [0, 0.1) is 19.8 Å². The highest BCUT2D eigenvalue weighted by Crippen LogP contribution is 2.22. The fraction of sp³-hybridized carbons (Fsp3) is 0.800. The summed E-state index contributed by atoms with van der Waals surface area (Å²) in [5, 5.41) is 4.82. The Hall–Kier alpha value is -0.450. The van der Waals surface area contributed by atoms with Crippen molar-refractivity contribution in [2.45, 2.75) is 46.6 Å². The molecule has 0 radical (unpaired) electrons. The van der Waals surface area contributed by atoms with Gasteiger partial charge >= 0.3 is 0 Å². The highest BCUT2D eigenvalue weighted by Gasteiger charge is 2.17. The average Bonchev–Trinajstić information content (AvgIpc) is 2.96. The molecule has 2 rings (SSSR count). The van der Waals surface area contributed by atoms with E-state index in [0.717, 1.165) is 6.54 Å². The zero-order valence-corrected chi connectivity index (χ0v) is 13.5. The summed E-state index contributed by atoms with van der Waals surface area (Å²) in [4.78, 5) is 8.58. The van der Waals surface area contributed by atoms with Gasteiger partial charge in [0.15, 0.2) is 0 Å². The number of thiazole rings is 1. The van der Waals surface area contributed by atoms with Crippen LogP contribution in [0.4, 0.5) is 0 Å². The minimum Gasteiger partial charge on any atom is -0.309 e. The summed E-state index contributed by atoms with van der Waals surface area (Å²) in [7, 11) is 0. The third-order valence-corrected chi connectivity index (χ3v) is 4.79. The molecular formula is C15H27N3S. The van der Waals surface area contributed by atoms with Crippen molar-refractivity contribution in [3.8, 4) is 0 Å². The van der Waals surface area contributed by atoms with E-state index in [4.69, 9.17) is 0 Å². The van der Waals surface area contributed by atoms with Gasteiger partial charge in [0.05, 0.1) is 10.7 Å². The lowest BCUT2D eigenvalue weighted by Gasteiger charge is -2.22. The third-order valence-electron chi connectivity index (χ3n) is 3.89. The molecule has 0 aromatic carbocycles. The van der Waals surface area contributed by atoms with Gasteiger partial charge in [-0.1, -0.05) is 6.92 Å². The van der Waals surface area contributed by atoms with Gasteiger partial charge in [0.1, 0.15) is 0 Å². The second kappa shape index (κ2) is 6.82. The third kappa shape index (κ3) is 4.26. The van der Waals surface area contributed by atoms with Gasteiger partial charge in [-0.2, -0.15) is 0 Å². The van der Waals surface area contributed by atoms with E-state index in [1.807, 2.05) is 0 Å². The number of rotatable bonds is 6. The van der Waals surface area contributed by atoms with Gasteiger partial charge in [0.2, 0.25) is 0 Å². The molecule has 1 N–H and O–H groups in total. The summed E-state index contributed by atoms with van der Waals surface area (Å²) in [6, 6.07) is 0.367. The monoisotopic (exact) mass is 281 g/mol. The molecular weight excluding hydrogens is 254 g/mol. The molecule has 19 heavy (non-hydrogen) atoms. The zero-order valence-electron chi connectivity index (χ0n) is 12.7. The smallest absolute Gasteiger partial charge is 0.0900 e. The summed E-state index contributed by atoms with van der Waals surface area (Å²) in [6.07, 6.45) is 2.77. The number of hydrogen-bond donors (Lipinski definition) is 1. The normalized spacial score (nSPS) is 19.8. The van der Waals surface area contributed by atoms with Crippen molar-refractivity contribution < 1.29 is 0 Å². The Morgan fingerprint density at radius 3 is 2.53 bits per heavy atom. The van der Waals surface area contributed by atoms with Crippen molar-refractivity contribution in [2.24, 2.45) is 5.92 Å².